The van der Waals surface area contributed by atoms with E-state index in [4.69, 9.17) is 4.74 Å². The van der Waals surface area contributed by atoms with Crippen LogP contribution in [0, 0.1) is 11.8 Å². The van der Waals surface area contributed by atoms with Crippen molar-refractivity contribution in [3.05, 3.63) is 131 Å². The minimum absolute atomic E-state index is 0.113. The first kappa shape index (κ1) is 22.7. The zero-order valence-corrected chi connectivity index (χ0v) is 20.8. The number of carbonyl (C=O) groups excluding carboxylic acids is 3. The maximum absolute atomic E-state index is 13.9. The molecule has 186 valence electrons. The molecule has 2 amide bonds. The number of carbonyl (C=O) groups is 3. The Labute approximate surface area is 220 Å². The SMILES string of the molecule is C[C@@H](Oc1ccc(N2C(=O)[C@H]3C4c5ccccc5C(c5ccccc54)[C@@H]3C2=O)cc1)C(=O)c1ccccc1. The van der Waals surface area contributed by atoms with Crippen molar-refractivity contribution in [2.45, 2.75) is 24.9 Å². The fraction of sp³-hybridized carbons (Fsp3) is 0.182. The number of ether oxygens (including phenoxy) is 1. The minimum Gasteiger partial charge on any atom is -0.483 e. The standard InChI is InChI=1S/C33H25NO4/c1-19(31(35)20-9-3-2-4-10-20)38-22-17-15-21(16-18-22)34-32(36)29-27-23-11-5-6-12-24(23)28(30(29)33(34)37)26-14-8-7-13-25(26)27/h2-19,27-30H,1H3/t19-,27?,28?,29+,30+/m1/s1. The molecule has 5 heteroatoms. The van der Waals surface area contributed by atoms with Crippen molar-refractivity contribution >= 4 is 23.3 Å². The van der Waals surface area contributed by atoms with Crippen LogP contribution in [-0.4, -0.2) is 23.7 Å². The number of nitrogens with zero attached hydrogens (tertiary/aromatic N) is 1. The number of imide groups is 1. The highest BCUT2D eigenvalue weighted by atomic mass is 16.5. The Morgan fingerprint density at radius 3 is 1.58 bits per heavy atom. The maximum Gasteiger partial charge on any atom is 0.238 e. The molecule has 0 unspecified atom stereocenters. The van der Waals surface area contributed by atoms with E-state index >= 15 is 0 Å². The van der Waals surface area contributed by atoms with Gasteiger partial charge >= 0.3 is 0 Å². The highest BCUT2D eigenvalue weighted by molar-refractivity contribution is 6.23. The topological polar surface area (TPSA) is 63.7 Å². The van der Waals surface area contributed by atoms with Crippen LogP contribution in [0.5, 0.6) is 5.75 Å². The average molecular weight is 500 g/mol. The van der Waals surface area contributed by atoms with Crippen LogP contribution in [0.1, 0.15) is 51.4 Å². The van der Waals surface area contributed by atoms with Gasteiger partial charge in [-0.05, 0) is 53.4 Å². The van der Waals surface area contributed by atoms with E-state index in [-0.39, 0.29) is 29.4 Å². The number of ketones is 1. The summed E-state index contributed by atoms with van der Waals surface area (Å²) in [5.41, 5.74) is 5.73. The molecule has 8 rings (SSSR count). The maximum atomic E-state index is 13.9. The van der Waals surface area contributed by atoms with Crippen LogP contribution in [0.15, 0.2) is 103 Å². The van der Waals surface area contributed by atoms with Gasteiger partial charge in [0.05, 0.1) is 17.5 Å². The molecule has 0 radical (unpaired) electrons. The Morgan fingerprint density at radius 2 is 1.11 bits per heavy atom. The highest BCUT2D eigenvalue weighted by Gasteiger charge is 2.61. The zero-order valence-electron chi connectivity index (χ0n) is 20.8. The summed E-state index contributed by atoms with van der Waals surface area (Å²) in [6.07, 6.45) is -0.672. The van der Waals surface area contributed by atoms with Gasteiger partial charge in [0.25, 0.3) is 0 Å². The fourth-order valence-electron chi connectivity index (χ4n) is 6.70. The predicted octanol–water partition coefficient (Wildman–Crippen LogP) is 5.73. The molecule has 0 saturated carbocycles. The molecule has 0 N–H and O–H groups in total. The Balaban J connectivity index is 1.18. The molecule has 38 heavy (non-hydrogen) atoms. The van der Waals surface area contributed by atoms with Crippen LogP contribution < -0.4 is 9.64 Å². The second kappa shape index (κ2) is 8.52. The molecule has 1 heterocycles. The summed E-state index contributed by atoms with van der Waals surface area (Å²) in [4.78, 5) is 41.8. The van der Waals surface area contributed by atoms with Gasteiger partial charge in [0, 0.05) is 17.4 Å². The van der Waals surface area contributed by atoms with Crippen molar-refractivity contribution in [1.82, 2.24) is 0 Å². The summed E-state index contributed by atoms with van der Waals surface area (Å²) in [6, 6.07) is 32.4. The number of benzene rings is 4. The van der Waals surface area contributed by atoms with Crippen LogP contribution in [0.2, 0.25) is 0 Å². The minimum atomic E-state index is -0.672. The number of anilines is 1. The van der Waals surface area contributed by atoms with Crippen LogP contribution in [0.25, 0.3) is 0 Å². The summed E-state index contributed by atoms with van der Waals surface area (Å²) in [5.74, 6) is -1.02. The number of hydrogen-bond acceptors (Lipinski definition) is 4. The lowest BCUT2D eigenvalue weighted by Gasteiger charge is -2.45. The van der Waals surface area contributed by atoms with Crippen molar-refractivity contribution < 1.29 is 19.1 Å². The van der Waals surface area contributed by atoms with Gasteiger partial charge in [0.1, 0.15) is 5.75 Å². The van der Waals surface area contributed by atoms with Gasteiger partial charge in [-0.15, -0.1) is 0 Å². The molecule has 1 saturated heterocycles. The van der Waals surface area contributed by atoms with Crippen molar-refractivity contribution in [3.8, 4) is 5.75 Å². The van der Waals surface area contributed by atoms with Crippen LogP contribution >= 0.6 is 0 Å². The first-order chi connectivity index (χ1) is 18.5. The van der Waals surface area contributed by atoms with Crippen molar-refractivity contribution in [2.24, 2.45) is 11.8 Å². The van der Waals surface area contributed by atoms with Crippen molar-refractivity contribution in [3.63, 3.8) is 0 Å². The molecule has 4 aromatic carbocycles. The smallest absolute Gasteiger partial charge is 0.238 e. The Bertz CT molecular complexity index is 1480. The zero-order chi connectivity index (χ0) is 26.0. The normalized spacial score (nSPS) is 23.4. The third-order valence-electron chi connectivity index (χ3n) is 8.28. The van der Waals surface area contributed by atoms with E-state index in [0.29, 0.717) is 17.0 Å². The fourth-order valence-corrected chi connectivity index (χ4v) is 6.70. The van der Waals surface area contributed by atoms with Gasteiger partial charge in [-0.1, -0.05) is 78.9 Å². The van der Waals surface area contributed by atoms with E-state index in [1.807, 2.05) is 42.5 Å². The van der Waals surface area contributed by atoms with Gasteiger partial charge < -0.3 is 4.74 Å². The molecule has 1 fully saturated rings. The molecule has 2 bridgehead atoms. The molecule has 5 nitrogen and oxygen atoms in total. The van der Waals surface area contributed by atoms with Gasteiger partial charge in [-0.3, -0.25) is 14.4 Å². The molecular weight excluding hydrogens is 474 g/mol. The Kier molecular flexibility index (Phi) is 5.08. The van der Waals surface area contributed by atoms with E-state index in [9.17, 15) is 14.4 Å². The van der Waals surface area contributed by atoms with Gasteiger partial charge in [0.2, 0.25) is 17.6 Å². The highest BCUT2D eigenvalue weighted by Crippen LogP contribution is 2.61. The van der Waals surface area contributed by atoms with Gasteiger partial charge in [-0.25, -0.2) is 4.90 Å². The largest absolute Gasteiger partial charge is 0.483 e. The number of rotatable bonds is 5. The van der Waals surface area contributed by atoms with Gasteiger partial charge in [0.15, 0.2) is 6.10 Å². The quantitative estimate of drug-likeness (QED) is 0.260. The predicted molar refractivity (Wildman–Crippen MR) is 143 cm³/mol. The molecular formula is C33H25NO4. The molecule has 3 aliphatic carbocycles. The Hall–Kier alpha value is -4.51. The molecule has 0 aromatic heterocycles. The first-order valence-electron chi connectivity index (χ1n) is 13.0. The van der Waals surface area contributed by atoms with E-state index < -0.39 is 17.9 Å². The van der Waals surface area contributed by atoms with Crippen LogP contribution in [-0.2, 0) is 9.59 Å². The van der Waals surface area contributed by atoms with E-state index in [1.54, 1.807) is 43.3 Å². The summed E-state index contributed by atoms with van der Waals surface area (Å²) < 4.78 is 5.89. The number of amides is 2. The lowest BCUT2D eigenvalue weighted by atomic mass is 9.55. The summed E-state index contributed by atoms with van der Waals surface area (Å²) in [7, 11) is 0. The molecule has 4 aliphatic rings. The molecule has 1 aliphatic heterocycles. The van der Waals surface area contributed by atoms with Gasteiger partial charge in [-0.2, -0.15) is 0 Å². The van der Waals surface area contributed by atoms with Crippen LogP contribution in [0.3, 0.4) is 0 Å². The summed E-state index contributed by atoms with van der Waals surface area (Å²) in [5, 5.41) is 0. The second-order valence-electron chi connectivity index (χ2n) is 10.3. The molecule has 4 aromatic rings. The van der Waals surface area contributed by atoms with E-state index in [0.717, 1.165) is 22.3 Å². The summed E-state index contributed by atoms with van der Waals surface area (Å²) >= 11 is 0. The van der Waals surface area contributed by atoms with Crippen molar-refractivity contribution in [2.75, 3.05) is 4.90 Å². The monoisotopic (exact) mass is 499 g/mol. The molecule has 0 spiro atoms. The average Bonchev–Trinajstić information content (AvgIpc) is 3.23. The third-order valence-corrected chi connectivity index (χ3v) is 8.28. The lowest BCUT2D eigenvalue weighted by molar-refractivity contribution is -0.122. The van der Waals surface area contributed by atoms with E-state index in [2.05, 4.69) is 24.3 Å². The Morgan fingerprint density at radius 1 is 0.658 bits per heavy atom. The van der Waals surface area contributed by atoms with Crippen LogP contribution in [0.4, 0.5) is 5.69 Å². The van der Waals surface area contributed by atoms with Crippen molar-refractivity contribution in [1.29, 1.82) is 0 Å². The lowest BCUT2D eigenvalue weighted by Crippen LogP contribution is -2.41. The van der Waals surface area contributed by atoms with E-state index in [1.165, 1.54) is 4.90 Å². The second-order valence-corrected chi connectivity index (χ2v) is 10.3. The number of Topliss-reactive ketones (excluding diaryl/α,β-unsaturated/α-hetero) is 1. The third kappa shape index (κ3) is 3.21. The first-order valence-corrected chi connectivity index (χ1v) is 13.0. The molecule has 3 atom stereocenters. The summed E-state index contributed by atoms with van der Waals surface area (Å²) in [6.45, 7) is 1.71. The number of hydrogen-bond donors (Lipinski definition) is 0.